The number of imidazole rings is 1. The zero-order chi connectivity index (χ0) is 14.8. The minimum Gasteiger partial charge on any atom is -0.338 e. The predicted octanol–water partition coefficient (Wildman–Crippen LogP) is 2.19. The van der Waals surface area contributed by atoms with Crippen LogP contribution in [0.3, 0.4) is 0 Å². The molecule has 0 radical (unpaired) electrons. The lowest BCUT2D eigenvalue weighted by atomic mass is 10.0. The maximum absolute atomic E-state index is 12.7. The molecule has 1 aromatic heterocycles. The third-order valence-electron chi connectivity index (χ3n) is 3.13. The van der Waals surface area contributed by atoms with Crippen LogP contribution in [-0.2, 0) is 19.6 Å². The van der Waals surface area contributed by atoms with Crippen LogP contribution >= 0.6 is 0 Å². The van der Waals surface area contributed by atoms with Crippen LogP contribution in [0.1, 0.15) is 23.0 Å². The van der Waals surface area contributed by atoms with Gasteiger partial charge in [0.1, 0.15) is 5.82 Å². The van der Waals surface area contributed by atoms with E-state index in [9.17, 15) is 13.2 Å². The first-order valence-electron chi connectivity index (χ1n) is 6.01. The van der Waals surface area contributed by atoms with E-state index in [1.165, 1.54) is 6.07 Å². The van der Waals surface area contributed by atoms with Crippen molar-refractivity contribution >= 4 is 0 Å². The summed E-state index contributed by atoms with van der Waals surface area (Å²) in [6.45, 7) is 0. The Bertz CT molecular complexity index is 577. The Kier molecular flexibility index (Phi) is 4.10. The van der Waals surface area contributed by atoms with E-state index in [1.807, 2.05) is 7.05 Å². The van der Waals surface area contributed by atoms with Crippen molar-refractivity contribution in [3.05, 3.63) is 53.6 Å². The molecule has 2 rings (SSSR count). The van der Waals surface area contributed by atoms with Gasteiger partial charge in [0.25, 0.3) is 0 Å². The lowest BCUT2D eigenvalue weighted by Gasteiger charge is -2.17. The van der Waals surface area contributed by atoms with Crippen LogP contribution in [0.4, 0.5) is 13.2 Å². The van der Waals surface area contributed by atoms with Gasteiger partial charge < -0.3 is 4.57 Å². The first kappa shape index (κ1) is 14.5. The Morgan fingerprint density at radius 2 is 2.15 bits per heavy atom. The van der Waals surface area contributed by atoms with Crippen molar-refractivity contribution in [3.8, 4) is 0 Å². The number of nitrogens with one attached hydrogen (secondary N) is 1. The Morgan fingerprint density at radius 1 is 1.40 bits per heavy atom. The SMILES string of the molecule is Cn1ccnc1CC(NN)c1cccc(C(F)(F)F)c1. The topological polar surface area (TPSA) is 55.9 Å². The monoisotopic (exact) mass is 284 g/mol. The van der Waals surface area contributed by atoms with E-state index in [2.05, 4.69) is 10.4 Å². The molecule has 0 aliphatic heterocycles. The second-order valence-corrected chi connectivity index (χ2v) is 4.50. The van der Waals surface area contributed by atoms with Crippen molar-refractivity contribution in [2.24, 2.45) is 12.9 Å². The fourth-order valence-electron chi connectivity index (χ4n) is 1.98. The van der Waals surface area contributed by atoms with Crippen molar-refractivity contribution < 1.29 is 13.2 Å². The number of halogens is 3. The van der Waals surface area contributed by atoms with Crippen molar-refractivity contribution in [2.45, 2.75) is 18.6 Å². The zero-order valence-electron chi connectivity index (χ0n) is 10.9. The van der Waals surface area contributed by atoms with E-state index in [0.717, 1.165) is 18.0 Å². The second kappa shape index (κ2) is 5.64. The number of nitrogens with two attached hydrogens (primary N) is 1. The van der Waals surface area contributed by atoms with Crippen LogP contribution in [0, 0.1) is 0 Å². The van der Waals surface area contributed by atoms with Crippen LogP contribution in [0.15, 0.2) is 36.7 Å². The smallest absolute Gasteiger partial charge is 0.338 e. The molecular weight excluding hydrogens is 269 g/mol. The highest BCUT2D eigenvalue weighted by Gasteiger charge is 2.31. The summed E-state index contributed by atoms with van der Waals surface area (Å²) in [6, 6.07) is 4.70. The van der Waals surface area contributed by atoms with Gasteiger partial charge in [-0.05, 0) is 17.7 Å². The molecule has 1 aromatic carbocycles. The number of hydrogen-bond donors (Lipinski definition) is 2. The van der Waals surface area contributed by atoms with Crippen molar-refractivity contribution in [1.82, 2.24) is 15.0 Å². The van der Waals surface area contributed by atoms with Crippen molar-refractivity contribution in [3.63, 3.8) is 0 Å². The number of aryl methyl sites for hydroxylation is 1. The third kappa shape index (κ3) is 3.17. The summed E-state index contributed by atoms with van der Waals surface area (Å²) in [6.07, 6.45) is -0.552. The Balaban J connectivity index is 2.26. The third-order valence-corrected chi connectivity index (χ3v) is 3.13. The quantitative estimate of drug-likeness (QED) is 0.668. The maximum atomic E-state index is 12.7. The first-order chi connectivity index (χ1) is 9.41. The molecule has 20 heavy (non-hydrogen) atoms. The van der Waals surface area contributed by atoms with Crippen molar-refractivity contribution in [2.75, 3.05) is 0 Å². The lowest BCUT2D eigenvalue weighted by Crippen LogP contribution is -2.30. The van der Waals surface area contributed by atoms with E-state index in [4.69, 9.17) is 5.84 Å². The summed E-state index contributed by atoms with van der Waals surface area (Å²) < 4.78 is 39.9. The average Bonchev–Trinajstić information content (AvgIpc) is 2.80. The minimum absolute atomic E-state index is 0.404. The standard InChI is InChI=1S/C13H15F3N4/c1-20-6-5-18-12(20)8-11(19-17)9-3-2-4-10(7-9)13(14,15)16/h2-7,11,19H,8,17H2,1H3. The number of rotatable bonds is 4. The molecule has 0 saturated carbocycles. The summed E-state index contributed by atoms with van der Waals surface area (Å²) in [5, 5.41) is 0. The molecule has 2 aromatic rings. The molecule has 0 bridgehead atoms. The minimum atomic E-state index is -4.36. The maximum Gasteiger partial charge on any atom is 0.416 e. The summed E-state index contributed by atoms with van der Waals surface area (Å²) >= 11 is 0. The van der Waals surface area contributed by atoms with Crippen LogP contribution < -0.4 is 11.3 Å². The molecule has 4 nitrogen and oxygen atoms in total. The molecule has 1 heterocycles. The number of aromatic nitrogens is 2. The molecule has 3 N–H and O–H groups in total. The normalized spacial score (nSPS) is 13.4. The summed E-state index contributed by atoms with van der Waals surface area (Å²) in [7, 11) is 1.82. The number of benzene rings is 1. The van der Waals surface area contributed by atoms with E-state index < -0.39 is 17.8 Å². The van der Waals surface area contributed by atoms with Gasteiger partial charge in [0.05, 0.1) is 11.6 Å². The van der Waals surface area contributed by atoms with Gasteiger partial charge in [0.15, 0.2) is 0 Å². The number of hydrazine groups is 1. The highest BCUT2D eigenvalue weighted by Crippen LogP contribution is 2.31. The Morgan fingerprint density at radius 3 is 2.70 bits per heavy atom. The van der Waals surface area contributed by atoms with Crippen LogP contribution in [0.2, 0.25) is 0 Å². The molecule has 0 spiro atoms. The van der Waals surface area contributed by atoms with Gasteiger partial charge in [-0.2, -0.15) is 13.2 Å². The van der Waals surface area contributed by atoms with E-state index in [-0.39, 0.29) is 0 Å². The van der Waals surface area contributed by atoms with Gasteiger partial charge in [0, 0.05) is 25.9 Å². The first-order valence-corrected chi connectivity index (χ1v) is 6.01. The summed E-state index contributed by atoms with van der Waals surface area (Å²) in [5.74, 6) is 6.20. The van der Waals surface area contributed by atoms with Gasteiger partial charge in [-0.25, -0.2) is 4.98 Å². The molecule has 0 aliphatic rings. The molecule has 0 fully saturated rings. The predicted molar refractivity (Wildman–Crippen MR) is 68.4 cm³/mol. The van der Waals surface area contributed by atoms with E-state index >= 15 is 0 Å². The molecule has 0 amide bonds. The van der Waals surface area contributed by atoms with Gasteiger partial charge in [-0.15, -0.1) is 0 Å². The Hall–Kier alpha value is -1.86. The van der Waals surface area contributed by atoms with E-state index in [0.29, 0.717) is 12.0 Å². The van der Waals surface area contributed by atoms with Crippen LogP contribution in [0.5, 0.6) is 0 Å². The average molecular weight is 284 g/mol. The molecule has 1 unspecified atom stereocenters. The Labute approximate surface area is 114 Å². The fourth-order valence-corrected chi connectivity index (χ4v) is 1.98. The second-order valence-electron chi connectivity index (χ2n) is 4.50. The van der Waals surface area contributed by atoms with E-state index in [1.54, 1.807) is 23.0 Å². The van der Waals surface area contributed by atoms with Crippen LogP contribution in [-0.4, -0.2) is 9.55 Å². The fraction of sp³-hybridized carbons (Fsp3) is 0.308. The van der Waals surface area contributed by atoms with Gasteiger partial charge in [-0.3, -0.25) is 11.3 Å². The van der Waals surface area contributed by atoms with Gasteiger partial charge >= 0.3 is 6.18 Å². The highest BCUT2D eigenvalue weighted by molar-refractivity contribution is 5.28. The molecule has 0 aliphatic carbocycles. The van der Waals surface area contributed by atoms with Crippen LogP contribution in [0.25, 0.3) is 0 Å². The lowest BCUT2D eigenvalue weighted by molar-refractivity contribution is -0.137. The highest BCUT2D eigenvalue weighted by atomic mass is 19.4. The van der Waals surface area contributed by atoms with Gasteiger partial charge in [0.2, 0.25) is 0 Å². The summed E-state index contributed by atoms with van der Waals surface area (Å²) in [5.41, 5.74) is 2.33. The molecule has 0 saturated heterocycles. The molecule has 7 heteroatoms. The molecule has 1 atom stereocenters. The molecular formula is C13H15F3N4. The largest absolute Gasteiger partial charge is 0.416 e. The van der Waals surface area contributed by atoms with Gasteiger partial charge in [-0.1, -0.05) is 12.1 Å². The van der Waals surface area contributed by atoms with Crippen molar-refractivity contribution in [1.29, 1.82) is 0 Å². The number of nitrogens with zero attached hydrogens (tertiary/aromatic N) is 2. The molecule has 108 valence electrons. The number of alkyl halides is 3. The summed E-state index contributed by atoms with van der Waals surface area (Å²) in [4.78, 5) is 4.15. The number of hydrogen-bond acceptors (Lipinski definition) is 3. The zero-order valence-corrected chi connectivity index (χ0v) is 10.9.